The van der Waals surface area contributed by atoms with E-state index in [0.717, 1.165) is 15.4 Å². The second kappa shape index (κ2) is 9.80. The van der Waals surface area contributed by atoms with Crippen molar-refractivity contribution in [3.8, 4) is 16.1 Å². The summed E-state index contributed by atoms with van der Waals surface area (Å²) in [5.41, 5.74) is 1.93. The normalized spacial score (nSPS) is 10.9. The molecule has 7 nitrogen and oxygen atoms in total. The summed E-state index contributed by atoms with van der Waals surface area (Å²) in [6.45, 7) is -0.168. The predicted molar refractivity (Wildman–Crippen MR) is 122 cm³/mol. The lowest BCUT2D eigenvalue weighted by Gasteiger charge is -2.07. The number of anilines is 1. The Morgan fingerprint density at radius 1 is 1.06 bits per heavy atom. The zero-order valence-electron chi connectivity index (χ0n) is 16.7. The zero-order chi connectivity index (χ0) is 22.3. The van der Waals surface area contributed by atoms with Gasteiger partial charge in [-0.1, -0.05) is 18.2 Å². The molecule has 2 amide bonds. The Balaban J connectivity index is 1.26. The van der Waals surface area contributed by atoms with Gasteiger partial charge in [-0.05, 0) is 48.5 Å². The number of rotatable bonds is 7. The van der Waals surface area contributed by atoms with E-state index in [9.17, 15) is 14.0 Å². The van der Waals surface area contributed by atoms with Crippen LogP contribution in [-0.4, -0.2) is 33.1 Å². The maximum atomic E-state index is 13.9. The van der Waals surface area contributed by atoms with Crippen LogP contribution in [0.3, 0.4) is 0 Å². The number of hydrogen-bond donors (Lipinski definition) is 2. The first-order chi connectivity index (χ1) is 15.6. The molecule has 0 saturated carbocycles. The third kappa shape index (κ3) is 5.32. The molecule has 2 N–H and O–H groups in total. The molecule has 4 aromatic rings. The summed E-state index contributed by atoms with van der Waals surface area (Å²) in [6, 6.07) is 17.2. The fraction of sp³-hybridized carbons (Fsp3) is 0.0435. The molecule has 0 aliphatic heterocycles. The van der Waals surface area contributed by atoms with Crippen molar-refractivity contribution in [1.82, 2.24) is 20.1 Å². The summed E-state index contributed by atoms with van der Waals surface area (Å²) in [7, 11) is 0. The third-order valence-electron chi connectivity index (χ3n) is 4.42. The molecule has 0 spiro atoms. The van der Waals surface area contributed by atoms with Gasteiger partial charge in [0, 0.05) is 27.1 Å². The maximum Gasteiger partial charge on any atom is 0.244 e. The SMILES string of the molecule is O=C(C=Cc1ccc(-c2ccccc2F)s1)NCC(=O)Nc1ccc(-n2cncn2)cc1. The van der Waals surface area contributed by atoms with E-state index in [1.165, 1.54) is 29.8 Å². The molecule has 0 fully saturated rings. The summed E-state index contributed by atoms with van der Waals surface area (Å²) in [6.07, 6.45) is 5.99. The molecule has 2 aromatic heterocycles. The summed E-state index contributed by atoms with van der Waals surface area (Å²) in [4.78, 5) is 29.6. The summed E-state index contributed by atoms with van der Waals surface area (Å²) in [5, 5.41) is 9.29. The van der Waals surface area contributed by atoms with Crippen molar-refractivity contribution in [1.29, 1.82) is 0 Å². The Hall–Kier alpha value is -4.11. The highest BCUT2D eigenvalue weighted by Crippen LogP contribution is 2.30. The molecular formula is C23H18FN5O2S. The highest BCUT2D eigenvalue weighted by molar-refractivity contribution is 7.16. The minimum Gasteiger partial charge on any atom is -0.343 e. The topological polar surface area (TPSA) is 88.9 Å². The van der Waals surface area contributed by atoms with Crippen LogP contribution in [0.5, 0.6) is 0 Å². The lowest BCUT2D eigenvalue weighted by molar-refractivity contribution is -0.121. The van der Waals surface area contributed by atoms with Crippen LogP contribution in [0.15, 0.2) is 79.4 Å². The van der Waals surface area contributed by atoms with E-state index in [0.29, 0.717) is 11.3 Å². The number of carbonyl (C=O) groups excluding carboxylic acids is 2. The molecule has 4 rings (SSSR count). The highest BCUT2D eigenvalue weighted by atomic mass is 32.1. The Morgan fingerprint density at radius 2 is 1.88 bits per heavy atom. The van der Waals surface area contributed by atoms with Crippen LogP contribution < -0.4 is 10.6 Å². The van der Waals surface area contributed by atoms with Gasteiger partial charge in [0.25, 0.3) is 0 Å². The second-order valence-corrected chi connectivity index (χ2v) is 7.78. The molecule has 0 unspecified atom stereocenters. The number of hydrogen-bond acceptors (Lipinski definition) is 5. The Labute approximate surface area is 187 Å². The van der Waals surface area contributed by atoms with Crippen LogP contribution in [0, 0.1) is 5.82 Å². The molecule has 2 heterocycles. The first-order valence-electron chi connectivity index (χ1n) is 9.64. The van der Waals surface area contributed by atoms with E-state index in [4.69, 9.17) is 0 Å². The Bertz CT molecular complexity index is 1250. The predicted octanol–water partition coefficient (Wildman–Crippen LogP) is 3.90. The highest BCUT2D eigenvalue weighted by Gasteiger charge is 2.07. The van der Waals surface area contributed by atoms with Crippen LogP contribution in [0.2, 0.25) is 0 Å². The van der Waals surface area contributed by atoms with Crippen molar-refractivity contribution < 1.29 is 14.0 Å². The van der Waals surface area contributed by atoms with E-state index in [2.05, 4.69) is 20.7 Å². The van der Waals surface area contributed by atoms with Gasteiger partial charge in [0.1, 0.15) is 18.5 Å². The van der Waals surface area contributed by atoms with E-state index in [-0.39, 0.29) is 18.3 Å². The molecule has 0 bridgehead atoms. The fourth-order valence-corrected chi connectivity index (χ4v) is 3.81. The molecule has 0 radical (unpaired) electrons. The van der Waals surface area contributed by atoms with Gasteiger partial charge in [-0.3, -0.25) is 9.59 Å². The van der Waals surface area contributed by atoms with Gasteiger partial charge in [0.15, 0.2) is 0 Å². The standard InChI is InChI=1S/C23H18FN5O2S/c24-20-4-2-1-3-19(20)21-11-9-18(32-21)10-12-22(30)26-13-23(31)28-16-5-7-17(8-6-16)29-15-25-14-27-29/h1-12,14-15H,13H2,(H,26,30)(H,28,31). The lowest BCUT2D eigenvalue weighted by atomic mass is 10.2. The Morgan fingerprint density at radius 3 is 2.62 bits per heavy atom. The molecule has 2 aromatic carbocycles. The van der Waals surface area contributed by atoms with Gasteiger partial charge in [0.05, 0.1) is 12.2 Å². The minimum absolute atomic E-state index is 0.168. The number of benzene rings is 2. The second-order valence-electron chi connectivity index (χ2n) is 6.67. The van der Waals surface area contributed by atoms with E-state index >= 15 is 0 Å². The van der Waals surface area contributed by atoms with E-state index in [1.54, 1.807) is 59.5 Å². The van der Waals surface area contributed by atoms with Crippen molar-refractivity contribution in [3.05, 3.63) is 90.1 Å². The van der Waals surface area contributed by atoms with E-state index < -0.39 is 5.91 Å². The number of thiophene rings is 1. The third-order valence-corrected chi connectivity index (χ3v) is 5.51. The smallest absolute Gasteiger partial charge is 0.244 e. The van der Waals surface area contributed by atoms with Crippen molar-refractivity contribution in [2.75, 3.05) is 11.9 Å². The summed E-state index contributed by atoms with van der Waals surface area (Å²) < 4.78 is 15.5. The van der Waals surface area contributed by atoms with Crippen LogP contribution in [0.25, 0.3) is 22.2 Å². The van der Waals surface area contributed by atoms with Gasteiger partial charge in [-0.15, -0.1) is 11.3 Å². The molecule has 160 valence electrons. The molecule has 9 heteroatoms. The molecular weight excluding hydrogens is 429 g/mol. The quantitative estimate of drug-likeness (QED) is 0.421. The largest absolute Gasteiger partial charge is 0.343 e. The van der Waals surface area contributed by atoms with Gasteiger partial charge in [-0.2, -0.15) is 5.10 Å². The van der Waals surface area contributed by atoms with Crippen LogP contribution >= 0.6 is 11.3 Å². The summed E-state index contributed by atoms with van der Waals surface area (Å²) in [5.74, 6) is -1.04. The average molecular weight is 447 g/mol. The average Bonchev–Trinajstić information content (AvgIpc) is 3.50. The number of aromatic nitrogens is 3. The van der Waals surface area contributed by atoms with Crippen LogP contribution in [-0.2, 0) is 9.59 Å². The van der Waals surface area contributed by atoms with Crippen molar-refractivity contribution in [3.63, 3.8) is 0 Å². The summed E-state index contributed by atoms with van der Waals surface area (Å²) >= 11 is 1.37. The first-order valence-corrected chi connectivity index (χ1v) is 10.5. The first kappa shape index (κ1) is 21.1. The van der Waals surface area contributed by atoms with Gasteiger partial charge >= 0.3 is 0 Å². The number of carbonyl (C=O) groups is 2. The van der Waals surface area contributed by atoms with Crippen molar-refractivity contribution in [2.45, 2.75) is 0 Å². The molecule has 0 aliphatic carbocycles. The minimum atomic E-state index is -0.400. The number of nitrogens with zero attached hydrogens (tertiary/aromatic N) is 3. The van der Waals surface area contributed by atoms with Gasteiger partial charge < -0.3 is 10.6 Å². The fourth-order valence-electron chi connectivity index (χ4n) is 2.88. The lowest BCUT2D eigenvalue weighted by Crippen LogP contribution is -2.31. The number of halogens is 1. The van der Waals surface area contributed by atoms with Gasteiger partial charge in [-0.25, -0.2) is 14.1 Å². The molecule has 0 atom stereocenters. The number of nitrogens with one attached hydrogen (secondary N) is 2. The van der Waals surface area contributed by atoms with Crippen molar-refractivity contribution in [2.24, 2.45) is 0 Å². The van der Waals surface area contributed by atoms with Crippen LogP contribution in [0.4, 0.5) is 10.1 Å². The Kier molecular flexibility index (Phi) is 6.47. The molecule has 0 saturated heterocycles. The van der Waals surface area contributed by atoms with Crippen molar-refractivity contribution >= 4 is 34.9 Å². The molecule has 0 aliphatic rings. The maximum absolute atomic E-state index is 13.9. The zero-order valence-corrected chi connectivity index (χ0v) is 17.6. The molecule has 32 heavy (non-hydrogen) atoms. The van der Waals surface area contributed by atoms with E-state index in [1.807, 2.05) is 12.1 Å². The number of amides is 2. The monoisotopic (exact) mass is 447 g/mol. The van der Waals surface area contributed by atoms with Crippen LogP contribution in [0.1, 0.15) is 4.88 Å². The van der Waals surface area contributed by atoms with Gasteiger partial charge in [0.2, 0.25) is 11.8 Å².